The topological polar surface area (TPSA) is 60.2 Å². The number of hydrogen-bond donors (Lipinski definition) is 2. The van der Waals surface area contributed by atoms with Gasteiger partial charge in [0.15, 0.2) is 0 Å². The Morgan fingerprint density at radius 1 is 1.42 bits per heavy atom. The Morgan fingerprint density at radius 3 is 2.84 bits per heavy atom. The van der Waals surface area contributed by atoms with Crippen molar-refractivity contribution in [1.29, 1.82) is 0 Å². The molecule has 19 heavy (non-hydrogen) atoms. The number of anilines is 2. The third-order valence-corrected chi connectivity index (χ3v) is 3.33. The molecule has 6 heteroatoms. The van der Waals surface area contributed by atoms with E-state index in [2.05, 4.69) is 26.2 Å². The summed E-state index contributed by atoms with van der Waals surface area (Å²) in [6.07, 6.45) is 1.68. The average molecular weight is 338 g/mol. The molecular weight excluding hydrogens is 326 g/mol. The molecule has 0 amide bonds. The first-order valence-corrected chi connectivity index (χ1v) is 6.67. The number of aromatic nitrogens is 1. The van der Waals surface area contributed by atoms with Crippen molar-refractivity contribution in [3.63, 3.8) is 0 Å². The molecule has 4 nitrogen and oxygen atoms in total. The fraction of sp³-hybridized carbons (Fsp3) is 0.0769. The van der Waals surface area contributed by atoms with Crippen molar-refractivity contribution in [3.05, 3.63) is 46.6 Å². The molecule has 1 heterocycles. The largest absolute Gasteiger partial charge is 0.496 e. The first kappa shape index (κ1) is 13.8. The molecule has 0 atom stereocenters. The number of methoxy groups -OCH3 is 1. The van der Waals surface area contributed by atoms with Gasteiger partial charge >= 0.3 is 0 Å². The maximum absolute atomic E-state index is 5.67. The molecule has 0 spiro atoms. The predicted octanol–water partition coefficient (Wildman–Crippen LogP) is 3.23. The number of nitrogens with one attached hydrogen (secondary N) is 1. The van der Waals surface area contributed by atoms with E-state index in [0.29, 0.717) is 16.4 Å². The Hall–Kier alpha value is -1.66. The van der Waals surface area contributed by atoms with Gasteiger partial charge in [-0.05, 0) is 46.3 Å². The van der Waals surface area contributed by atoms with Crippen molar-refractivity contribution in [2.24, 2.45) is 5.73 Å². The van der Waals surface area contributed by atoms with E-state index in [1.807, 2.05) is 24.3 Å². The number of thiocarbonyl (C=S) groups is 1. The number of halogens is 1. The Balaban J connectivity index is 2.31. The maximum Gasteiger partial charge on any atom is 0.140 e. The van der Waals surface area contributed by atoms with Gasteiger partial charge in [-0.3, -0.25) is 0 Å². The fourth-order valence-corrected chi connectivity index (χ4v) is 2.29. The summed E-state index contributed by atoms with van der Waals surface area (Å²) in [5, 5.41) is 3.18. The van der Waals surface area contributed by atoms with Crippen LogP contribution in [0.2, 0.25) is 0 Å². The Kier molecular flexibility index (Phi) is 4.34. The van der Waals surface area contributed by atoms with Crippen molar-refractivity contribution in [2.45, 2.75) is 0 Å². The van der Waals surface area contributed by atoms with Gasteiger partial charge in [0.1, 0.15) is 16.6 Å². The second kappa shape index (κ2) is 5.99. The quantitative estimate of drug-likeness (QED) is 0.838. The van der Waals surface area contributed by atoms with Crippen molar-refractivity contribution in [1.82, 2.24) is 4.98 Å². The second-order valence-corrected chi connectivity index (χ2v) is 5.03. The fourth-order valence-electron chi connectivity index (χ4n) is 1.58. The highest BCUT2D eigenvalue weighted by Crippen LogP contribution is 2.29. The minimum absolute atomic E-state index is 0.308. The highest BCUT2D eigenvalue weighted by molar-refractivity contribution is 9.10. The van der Waals surface area contributed by atoms with E-state index in [4.69, 9.17) is 22.7 Å². The summed E-state index contributed by atoms with van der Waals surface area (Å²) >= 11 is 8.43. The molecule has 1 aromatic heterocycles. The molecule has 98 valence electrons. The van der Waals surface area contributed by atoms with Crippen LogP contribution in [-0.2, 0) is 0 Å². The Bertz CT molecular complexity index is 619. The van der Waals surface area contributed by atoms with Crippen LogP contribution in [-0.4, -0.2) is 17.1 Å². The van der Waals surface area contributed by atoms with Gasteiger partial charge in [-0.25, -0.2) is 4.98 Å². The molecule has 0 saturated carbocycles. The number of rotatable bonds is 4. The van der Waals surface area contributed by atoms with E-state index in [0.717, 1.165) is 15.9 Å². The van der Waals surface area contributed by atoms with Crippen LogP contribution in [0.3, 0.4) is 0 Å². The zero-order chi connectivity index (χ0) is 13.8. The summed E-state index contributed by atoms with van der Waals surface area (Å²) in [5.74, 6) is 1.40. The molecular formula is C13H12BrN3OS. The van der Waals surface area contributed by atoms with Crippen LogP contribution in [0.5, 0.6) is 5.75 Å². The molecule has 2 aromatic rings. The van der Waals surface area contributed by atoms with Crippen LogP contribution < -0.4 is 15.8 Å². The molecule has 3 N–H and O–H groups in total. The highest BCUT2D eigenvalue weighted by atomic mass is 79.9. The molecule has 0 unspecified atom stereocenters. The lowest BCUT2D eigenvalue weighted by atomic mass is 10.2. The Labute approximate surface area is 125 Å². The number of benzene rings is 1. The summed E-state index contributed by atoms with van der Waals surface area (Å²) in [5.41, 5.74) is 7.24. The van der Waals surface area contributed by atoms with Crippen LogP contribution in [0.25, 0.3) is 0 Å². The summed E-state index contributed by atoms with van der Waals surface area (Å²) in [6.45, 7) is 0. The van der Waals surface area contributed by atoms with Gasteiger partial charge in [-0.15, -0.1) is 0 Å². The molecule has 2 rings (SSSR count). The van der Waals surface area contributed by atoms with Crippen molar-refractivity contribution in [2.75, 3.05) is 12.4 Å². The molecule has 0 aliphatic rings. The third-order valence-electron chi connectivity index (χ3n) is 2.49. The molecule has 1 aromatic carbocycles. The van der Waals surface area contributed by atoms with Gasteiger partial charge < -0.3 is 15.8 Å². The van der Waals surface area contributed by atoms with Crippen LogP contribution in [0, 0.1) is 0 Å². The first-order valence-electron chi connectivity index (χ1n) is 5.47. The SMILES string of the molecule is COc1ccc(Nc2ncccc2C(N)=S)cc1Br. The van der Waals surface area contributed by atoms with E-state index in [1.165, 1.54) is 0 Å². The van der Waals surface area contributed by atoms with Crippen LogP contribution in [0.4, 0.5) is 11.5 Å². The van der Waals surface area contributed by atoms with Gasteiger partial charge in [-0.1, -0.05) is 12.2 Å². The van der Waals surface area contributed by atoms with Crippen LogP contribution in [0.1, 0.15) is 5.56 Å². The maximum atomic E-state index is 5.67. The number of nitrogens with zero attached hydrogens (tertiary/aromatic N) is 1. The van der Waals surface area contributed by atoms with Gasteiger partial charge in [0.25, 0.3) is 0 Å². The molecule has 0 radical (unpaired) electrons. The van der Waals surface area contributed by atoms with E-state index in [9.17, 15) is 0 Å². The molecule has 0 aliphatic heterocycles. The lowest BCUT2D eigenvalue weighted by molar-refractivity contribution is 0.412. The second-order valence-electron chi connectivity index (χ2n) is 3.74. The monoisotopic (exact) mass is 337 g/mol. The third kappa shape index (κ3) is 3.21. The van der Waals surface area contributed by atoms with Gasteiger partial charge in [0.05, 0.1) is 17.1 Å². The molecule has 0 aliphatic carbocycles. The number of hydrogen-bond acceptors (Lipinski definition) is 4. The standard InChI is InChI=1S/C13H12BrN3OS/c1-18-11-5-4-8(7-10(11)14)17-13-9(12(15)19)3-2-6-16-13/h2-7H,1H3,(H2,15,19)(H,16,17). The van der Waals surface area contributed by atoms with Gasteiger partial charge in [-0.2, -0.15) is 0 Å². The van der Waals surface area contributed by atoms with Crippen molar-refractivity contribution >= 4 is 44.6 Å². The van der Waals surface area contributed by atoms with Gasteiger partial charge in [0.2, 0.25) is 0 Å². The van der Waals surface area contributed by atoms with E-state index in [-0.39, 0.29) is 0 Å². The summed E-state index contributed by atoms with van der Waals surface area (Å²) in [4.78, 5) is 4.55. The highest BCUT2D eigenvalue weighted by Gasteiger charge is 2.07. The minimum Gasteiger partial charge on any atom is -0.496 e. The summed E-state index contributed by atoms with van der Waals surface area (Å²) in [6, 6.07) is 9.27. The van der Waals surface area contributed by atoms with Crippen LogP contribution >= 0.6 is 28.1 Å². The molecule has 0 saturated heterocycles. The zero-order valence-electron chi connectivity index (χ0n) is 10.2. The first-order chi connectivity index (χ1) is 9.11. The summed E-state index contributed by atoms with van der Waals surface area (Å²) < 4.78 is 6.04. The minimum atomic E-state index is 0.308. The number of pyridine rings is 1. The van der Waals surface area contributed by atoms with Crippen molar-refractivity contribution in [3.8, 4) is 5.75 Å². The molecule has 0 bridgehead atoms. The van der Waals surface area contributed by atoms with Gasteiger partial charge in [0, 0.05) is 11.9 Å². The van der Waals surface area contributed by atoms with E-state index < -0.39 is 0 Å². The predicted molar refractivity (Wildman–Crippen MR) is 84.1 cm³/mol. The number of ether oxygens (including phenoxy) is 1. The Morgan fingerprint density at radius 2 is 2.21 bits per heavy atom. The van der Waals surface area contributed by atoms with E-state index >= 15 is 0 Å². The summed E-state index contributed by atoms with van der Waals surface area (Å²) in [7, 11) is 1.62. The van der Waals surface area contributed by atoms with E-state index in [1.54, 1.807) is 19.4 Å². The van der Waals surface area contributed by atoms with Crippen LogP contribution in [0.15, 0.2) is 41.0 Å². The normalized spacial score (nSPS) is 10.0. The lowest BCUT2D eigenvalue weighted by Crippen LogP contribution is -2.12. The lowest BCUT2D eigenvalue weighted by Gasteiger charge is -2.11. The average Bonchev–Trinajstić information content (AvgIpc) is 2.39. The number of nitrogens with two attached hydrogens (primary N) is 1. The van der Waals surface area contributed by atoms with Crippen molar-refractivity contribution < 1.29 is 4.74 Å². The zero-order valence-corrected chi connectivity index (χ0v) is 12.6. The smallest absolute Gasteiger partial charge is 0.140 e. The molecule has 0 fully saturated rings.